The Bertz CT molecular complexity index is 651. The van der Waals surface area contributed by atoms with Crippen LogP contribution >= 0.6 is 11.8 Å². The SMILES string of the molecule is C[N+](C)(C)CC/C=C1\c2ccccc2CSc2ccccc21.[I-]. The maximum Gasteiger partial charge on any atom is 0.0815 e. The molecule has 23 heavy (non-hydrogen) atoms. The minimum absolute atomic E-state index is 0. The van der Waals surface area contributed by atoms with E-state index < -0.39 is 0 Å². The molecular weight excluding hydrogens is 413 g/mol. The summed E-state index contributed by atoms with van der Waals surface area (Å²) in [5, 5.41) is 0. The fourth-order valence-electron chi connectivity index (χ4n) is 2.84. The van der Waals surface area contributed by atoms with Crippen LogP contribution in [0.2, 0.25) is 0 Å². The minimum atomic E-state index is 0. The van der Waals surface area contributed by atoms with Gasteiger partial charge in [-0.15, -0.1) is 11.8 Å². The first-order chi connectivity index (χ1) is 10.5. The maximum absolute atomic E-state index is 2.44. The van der Waals surface area contributed by atoms with Crippen molar-refractivity contribution >= 4 is 17.3 Å². The molecule has 1 aliphatic heterocycles. The van der Waals surface area contributed by atoms with E-state index in [0.29, 0.717) is 0 Å². The molecule has 0 N–H and O–H groups in total. The van der Waals surface area contributed by atoms with E-state index >= 15 is 0 Å². The van der Waals surface area contributed by atoms with Gasteiger partial charge < -0.3 is 28.5 Å². The zero-order chi connectivity index (χ0) is 15.6. The third kappa shape index (κ3) is 4.61. The van der Waals surface area contributed by atoms with Crippen molar-refractivity contribution in [1.29, 1.82) is 0 Å². The van der Waals surface area contributed by atoms with Crippen LogP contribution < -0.4 is 24.0 Å². The number of benzene rings is 2. The second kappa shape index (κ2) is 7.86. The Hall–Kier alpha value is -0.780. The van der Waals surface area contributed by atoms with Crippen molar-refractivity contribution in [2.45, 2.75) is 17.1 Å². The number of hydrogen-bond donors (Lipinski definition) is 0. The molecule has 0 aliphatic carbocycles. The van der Waals surface area contributed by atoms with Gasteiger partial charge in [-0.1, -0.05) is 48.5 Å². The van der Waals surface area contributed by atoms with Crippen LogP contribution in [0.5, 0.6) is 0 Å². The maximum atomic E-state index is 2.44. The van der Waals surface area contributed by atoms with Crippen LogP contribution in [0.25, 0.3) is 5.57 Å². The minimum Gasteiger partial charge on any atom is -1.00 e. The lowest BCUT2D eigenvalue weighted by molar-refractivity contribution is -0.869. The fourth-order valence-corrected chi connectivity index (χ4v) is 3.91. The number of halogens is 1. The van der Waals surface area contributed by atoms with Crippen LogP contribution in [0.4, 0.5) is 0 Å². The van der Waals surface area contributed by atoms with E-state index in [1.807, 2.05) is 11.8 Å². The van der Waals surface area contributed by atoms with Gasteiger partial charge in [0.2, 0.25) is 0 Å². The Labute approximate surface area is 161 Å². The lowest BCUT2D eigenvalue weighted by Gasteiger charge is -2.23. The van der Waals surface area contributed by atoms with E-state index in [2.05, 4.69) is 75.7 Å². The molecule has 0 fully saturated rings. The number of quaternary nitrogens is 1. The van der Waals surface area contributed by atoms with Crippen LogP contribution in [-0.2, 0) is 5.75 Å². The van der Waals surface area contributed by atoms with Crippen molar-refractivity contribution in [1.82, 2.24) is 0 Å². The molecule has 0 amide bonds. The molecule has 2 aromatic rings. The van der Waals surface area contributed by atoms with Crippen molar-refractivity contribution in [3.8, 4) is 0 Å². The van der Waals surface area contributed by atoms with Gasteiger partial charge in [0.25, 0.3) is 0 Å². The molecule has 0 aromatic heterocycles. The third-order valence-corrected chi connectivity index (χ3v) is 5.14. The number of rotatable bonds is 3. The van der Waals surface area contributed by atoms with E-state index in [1.54, 1.807) is 0 Å². The van der Waals surface area contributed by atoms with Crippen molar-refractivity contribution in [3.05, 3.63) is 71.3 Å². The normalized spacial score (nSPS) is 15.3. The van der Waals surface area contributed by atoms with E-state index in [9.17, 15) is 0 Å². The highest BCUT2D eigenvalue weighted by molar-refractivity contribution is 7.98. The average molecular weight is 437 g/mol. The van der Waals surface area contributed by atoms with Gasteiger partial charge in [-0.3, -0.25) is 0 Å². The molecule has 0 bridgehead atoms. The molecule has 0 saturated carbocycles. The van der Waals surface area contributed by atoms with Gasteiger partial charge in [0.1, 0.15) is 0 Å². The highest BCUT2D eigenvalue weighted by Gasteiger charge is 2.18. The van der Waals surface area contributed by atoms with Gasteiger partial charge in [0.05, 0.1) is 27.7 Å². The molecule has 3 rings (SSSR count). The van der Waals surface area contributed by atoms with Crippen LogP contribution in [0, 0.1) is 0 Å². The summed E-state index contributed by atoms with van der Waals surface area (Å²) in [7, 11) is 6.76. The van der Waals surface area contributed by atoms with Crippen LogP contribution in [-0.4, -0.2) is 32.2 Å². The van der Waals surface area contributed by atoms with E-state index in [4.69, 9.17) is 0 Å². The Morgan fingerprint density at radius 3 is 2.35 bits per heavy atom. The fraction of sp³-hybridized carbons (Fsp3) is 0.300. The Morgan fingerprint density at radius 2 is 1.61 bits per heavy atom. The standard InChI is InChI=1S/C20H24NS.HI/c1-21(2,3)14-8-12-18-17-10-5-4-9-16(17)15-22-20-13-7-6-11-19(18)20;/h4-7,9-13H,8,14-15H2,1-3H3;1H/q+1;/p-1/b18-12+;. The molecular formula is C20H24INS. The Kier molecular flexibility index (Phi) is 6.34. The molecule has 0 spiro atoms. The molecule has 0 saturated heterocycles. The Balaban J connectivity index is 0.00000192. The summed E-state index contributed by atoms with van der Waals surface area (Å²) in [5.74, 6) is 1.06. The van der Waals surface area contributed by atoms with Gasteiger partial charge in [-0.25, -0.2) is 0 Å². The quantitative estimate of drug-likeness (QED) is 0.522. The van der Waals surface area contributed by atoms with Gasteiger partial charge >= 0.3 is 0 Å². The number of fused-ring (bicyclic) bond motifs is 2. The second-order valence-electron chi connectivity index (χ2n) is 6.86. The summed E-state index contributed by atoms with van der Waals surface area (Å²) in [6, 6.07) is 17.7. The van der Waals surface area contributed by atoms with Crippen molar-refractivity contribution in [2.24, 2.45) is 0 Å². The summed E-state index contributed by atoms with van der Waals surface area (Å²) in [6.07, 6.45) is 3.54. The van der Waals surface area contributed by atoms with E-state index in [-0.39, 0.29) is 24.0 Å². The number of thioether (sulfide) groups is 1. The van der Waals surface area contributed by atoms with Crippen molar-refractivity contribution in [2.75, 3.05) is 27.7 Å². The Morgan fingerprint density at radius 1 is 0.957 bits per heavy atom. The largest absolute Gasteiger partial charge is 1.00 e. The molecule has 0 unspecified atom stereocenters. The van der Waals surface area contributed by atoms with Gasteiger partial charge in [-0.05, 0) is 28.3 Å². The lowest BCUT2D eigenvalue weighted by Crippen LogP contribution is -3.00. The first-order valence-corrected chi connectivity index (χ1v) is 8.84. The van der Waals surface area contributed by atoms with Gasteiger partial charge in [0, 0.05) is 17.1 Å². The van der Waals surface area contributed by atoms with Crippen molar-refractivity contribution in [3.63, 3.8) is 0 Å². The monoisotopic (exact) mass is 437 g/mol. The number of nitrogens with zero attached hydrogens (tertiary/aromatic N) is 1. The lowest BCUT2D eigenvalue weighted by atomic mass is 9.93. The van der Waals surface area contributed by atoms with E-state index in [1.165, 1.54) is 27.2 Å². The molecule has 122 valence electrons. The van der Waals surface area contributed by atoms with Gasteiger partial charge in [0.15, 0.2) is 0 Å². The van der Waals surface area contributed by atoms with E-state index in [0.717, 1.165) is 23.2 Å². The predicted octanol–water partition coefficient (Wildman–Crippen LogP) is 1.82. The predicted molar refractivity (Wildman–Crippen MR) is 97.0 cm³/mol. The molecule has 3 heteroatoms. The molecule has 1 nitrogen and oxygen atoms in total. The summed E-state index contributed by atoms with van der Waals surface area (Å²) in [5.41, 5.74) is 5.64. The summed E-state index contributed by atoms with van der Waals surface area (Å²) in [4.78, 5) is 1.40. The molecule has 2 aromatic carbocycles. The van der Waals surface area contributed by atoms with Crippen LogP contribution in [0.15, 0.2) is 59.5 Å². The molecule has 1 aliphatic rings. The van der Waals surface area contributed by atoms with Crippen LogP contribution in [0.1, 0.15) is 23.1 Å². The summed E-state index contributed by atoms with van der Waals surface area (Å²) < 4.78 is 1.00. The highest BCUT2D eigenvalue weighted by atomic mass is 127. The van der Waals surface area contributed by atoms with Crippen molar-refractivity contribution < 1.29 is 28.5 Å². The van der Waals surface area contributed by atoms with Crippen LogP contribution in [0.3, 0.4) is 0 Å². The van der Waals surface area contributed by atoms with Gasteiger partial charge in [-0.2, -0.15) is 0 Å². The molecule has 1 heterocycles. The first-order valence-electron chi connectivity index (χ1n) is 7.86. The zero-order valence-corrected chi connectivity index (χ0v) is 17.0. The third-order valence-electron chi connectivity index (χ3n) is 4.02. The summed E-state index contributed by atoms with van der Waals surface area (Å²) in [6.45, 7) is 1.15. The topological polar surface area (TPSA) is 0 Å². The zero-order valence-electron chi connectivity index (χ0n) is 14.1. The molecule has 0 radical (unpaired) electrons. The first kappa shape index (κ1) is 18.6. The smallest absolute Gasteiger partial charge is 0.0815 e. The molecule has 0 atom stereocenters. The second-order valence-corrected chi connectivity index (χ2v) is 7.88. The highest BCUT2D eigenvalue weighted by Crippen LogP contribution is 2.39. The number of hydrogen-bond acceptors (Lipinski definition) is 1. The summed E-state index contributed by atoms with van der Waals surface area (Å²) >= 11 is 1.95. The average Bonchev–Trinajstić information content (AvgIpc) is 2.64.